The molecule has 1 aliphatic rings. The first-order valence-electron chi connectivity index (χ1n) is 5.32. The van der Waals surface area contributed by atoms with Crippen molar-refractivity contribution in [1.29, 1.82) is 0 Å². The van der Waals surface area contributed by atoms with Crippen LogP contribution in [0.15, 0.2) is 30.3 Å². The van der Waals surface area contributed by atoms with Gasteiger partial charge < -0.3 is 9.47 Å². The fraction of sp³-hybridized carbons (Fsp3) is 0.333. The van der Waals surface area contributed by atoms with Gasteiger partial charge in [-0.2, -0.15) is 4.99 Å². The van der Waals surface area contributed by atoms with Crippen molar-refractivity contribution in [1.82, 2.24) is 0 Å². The van der Waals surface area contributed by atoms with E-state index in [0.717, 1.165) is 5.23 Å². The number of thioether (sulfide) groups is 1. The van der Waals surface area contributed by atoms with E-state index in [9.17, 15) is 4.79 Å². The van der Waals surface area contributed by atoms with Crippen molar-refractivity contribution in [2.75, 3.05) is 19.5 Å². The average molecular weight is 252 g/mol. The number of hydrogen-bond donors (Lipinski definition) is 1. The van der Waals surface area contributed by atoms with Crippen LogP contribution >= 0.6 is 11.8 Å². The van der Waals surface area contributed by atoms with Gasteiger partial charge in [0.15, 0.2) is 13.2 Å². The van der Waals surface area contributed by atoms with Crippen LogP contribution in [0.1, 0.15) is 10.4 Å². The number of esters is 1. The van der Waals surface area contributed by atoms with Crippen molar-refractivity contribution in [2.24, 2.45) is 0 Å². The molecule has 1 aliphatic heterocycles. The summed E-state index contributed by atoms with van der Waals surface area (Å²) < 4.78 is 10.5. The molecule has 1 N–H and O–H groups in total. The molecule has 17 heavy (non-hydrogen) atoms. The fourth-order valence-corrected chi connectivity index (χ4v) is 1.94. The Morgan fingerprint density at radius 2 is 2.29 bits per heavy atom. The zero-order valence-corrected chi connectivity index (χ0v) is 10.3. The number of hydrogen-bond acceptors (Lipinski definition) is 4. The molecule has 1 aromatic carbocycles. The van der Waals surface area contributed by atoms with Gasteiger partial charge in [-0.05, 0) is 30.2 Å². The van der Waals surface area contributed by atoms with Crippen molar-refractivity contribution in [3.05, 3.63) is 35.9 Å². The van der Waals surface area contributed by atoms with E-state index < -0.39 is 0 Å². The van der Waals surface area contributed by atoms with Crippen LogP contribution < -0.4 is 4.99 Å². The lowest BCUT2D eigenvalue weighted by molar-refractivity contribution is -0.490. The molecule has 0 radical (unpaired) electrons. The second kappa shape index (κ2) is 5.72. The van der Waals surface area contributed by atoms with Crippen LogP contribution in [0.2, 0.25) is 0 Å². The smallest absolute Gasteiger partial charge is 0.399 e. The van der Waals surface area contributed by atoms with E-state index >= 15 is 0 Å². The van der Waals surface area contributed by atoms with Gasteiger partial charge in [-0.3, -0.25) is 0 Å². The predicted molar refractivity (Wildman–Crippen MR) is 65.9 cm³/mol. The standard InChI is InChI=1S/C12H13NO3S/c1-17-12-13-10(8-16-12)7-15-11(14)9-5-3-2-4-6-9/h2-6,10H,7-8H2,1H3/p+1. The first-order chi connectivity index (χ1) is 8.29. The second-order valence-electron chi connectivity index (χ2n) is 3.61. The molecule has 1 unspecified atom stereocenters. The van der Waals surface area contributed by atoms with E-state index in [-0.39, 0.29) is 12.0 Å². The van der Waals surface area contributed by atoms with Crippen molar-refractivity contribution in [3.63, 3.8) is 0 Å². The molecule has 2 rings (SSSR count). The minimum absolute atomic E-state index is 0.0464. The zero-order chi connectivity index (χ0) is 12.1. The van der Waals surface area contributed by atoms with Gasteiger partial charge in [-0.25, -0.2) is 4.79 Å². The molecule has 0 amide bonds. The minimum atomic E-state index is -0.301. The summed E-state index contributed by atoms with van der Waals surface area (Å²) in [7, 11) is 0. The summed E-state index contributed by atoms with van der Waals surface area (Å²) in [5.74, 6) is -0.301. The maximum absolute atomic E-state index is 11.6. The molecule has 0 saturated heterocycles. The van der Waals surface area contributed by atoms with Crippen LogP contribution in [0.4, 0.5) is 0 Å². The third-order valence-electron chi connectivity index (χ3n) is 2.35. The third-order valence-corrected chi connectivity index (χ3v) is 2.95. The average Bonchev–Trinajstić information content (AvgIpc) is 2.85. The summed E-state index contributed by atoms with van der Waals surface area (Å²) in [4.78, 5) is 14.8. The second-order valence-corrected chi connectivity index (χ2v) is 4.39. The zero-order valence-electron chi connectivity index (χ0n) is 9.51. The van der Waals surface area contributed by atoms with Gasteiger partial charge in [0.05, 0.1) is 5.56 Å². The van der Waals surface area contributed by atoms with Crippen LogP contribution in [0.25, 0.3) is 0 Å². The summed E-state index contributed by atoms with van der Waals surface area (Å²) in [6, 6.07) is 9.01. The fourth-order valence-electron chi connectivity index (χ4n) is 1.47. The molecule has 0 bridgehead atoms. The monoisotopic (exact) mass is 252 g/mol. The molecule has 0 saturated carbocycles. The quantitative estimate of drug-likeness (QED) is 0.772. The van der Waals surface area contributed by atoms with Crippen LogP contribution in [-0.4, -0.2) is 36.7 Å². The van der Waals surface area contributed by atoms with E-state index in [1.165, 1.54) is 11.8 Å². The van der Waals surface area contributed by atoms with Crippen LogP contribution in [0.3, 0.4) is 0 Å². The Morgan fingerprint density at radius 3 is 2.94 bits per heavy atom. The van der Waals surface area contributed by atoms with E-state index in [2.05, 4.69) is 4.99 Å². The van der Waals surface area contributed by atoms with Gasteiger partial charge in [-0.1, -0.05) is 18.2 Å². The Labute approximate surface area is 104 Å². The molecule has 0 spiro atoms. The summed E-state index contributed by atoms with van der Waals surface area (Å²) in [5.41, 5.74) is 0.570. The minimum Gasteiger partial charge on any atom is -0.455 e. The van der Waals surface area contributed by atoms with Crippen molar-refractivity contribution in [3.8, 4) is 0 Å². The van der Waals surface area contributed by atoms with E-state index in [0.29, 0.717) is 18.8 Å². The first-order valence-corrected chi connectivity index (χ1v) is 6.54. The van der Waals surface area contributed by atoms with Gasteiger partial charge in [0.1, 0.15) is 0 Å². The lowest BCUT2D eigenvalue weighted by Crippen LogP contribution is -2.77. The number of carbonyl (C=O) groups is 1. The SMILES string of the molecule is CSC1=[NH+]C(COC(=O)c2ccccc2)CO1. The highest BCUT2D eigenvalue weighted by atomic mass is 32.2. The highest BCUT2D eigenvalue weighted by Crippen LogP contribution is 2.03. The maximum Gasteiger partial charge on any atom is 0.399 e. The van der Waals surface area contributed by atoms with Crippen LogP contribution in [0, 0.1) is 0 Å². The lowest BCUT2D eigenvalue weighted by Gasteiger charge is -2.04. The molecule has 1 aromatic rings. The molecular formula is C12H14NO3S+. The molecule has 0 fully saturated rings. The van der Waals surface area contributed by atoms with Gasteiger partial charge in [0, 0.05) is 0 Å². The Balaban J connectivity index is 1.83. The van der Waals surface area contributed by atoms with Gasteiger partial charge in [-0.15, -0.1) is 0 Å². The van der Waals surface area contributed by atoms with E-state index in [4.69, 9.17) is 9.47 Å². The lowest BCUT2D eigenvalue weighted by atomic mass is 10.2. The predicted octanol–water partition coefficient (Wildman–Crippen LogP) is 0.0418. The highest BCUT2D eigenvalue weighted by molar-refractivity contribution is 8.12. The largest absolute Gasteiger partial charge is 0.455 e. The molecular weight excluding hydrogens is 238 g/mol. The topological polar surface area (TPSA) is 49.5 Å². The van der Waals surface area contributed by atoms with Gasteiger partial charge >= 0.3 is 11.2 Å². The van der Waals surface area contributed by atoms with Crippen LogP contribution in [0.5, 0.6) is 0 Å². The Hall–Kier alpha value is -1.49. The normalized spacial score (nSPS) is 18.4. The summed E-state index contributed by atoms with van der Waals surface area (Å²) in [6.07, 6.45) is 1.93. The Bertz CT molecular complexity index is 419. The van der Waals surface area contributed by atoms with Crippen molar-refractivity contribution < 1.29 is 19.3 Å². The molecule has 0 aliphatic carbocycles. The Kier molecular flexibility index (Phi) is 4.03. The van der Waals surface area contributed by atoms with Gasteiger partial charge in [0.25, 0.3) is 0 Å². The number of ether oxygens (including phenoxy) is 2. The molecule has 90 valence electrons. The third kappa shape index (κ3) is 3.23. The number of carbonyl (C=O) groups excluding carboxylic acids is 1. The number of nitrogens with one attached hydrogen (secondary N) is 1. The molecule has 4 nitrogen and oxygen atoms in total. The molecule has 0 aromatic heterocycles. The summed E-state index contributed by atoms with van der Waals surface area (Å²) >= 11 is 1.51. The first kappa shape index (κ1) is 12.0. The number of rotatable bonds is 3. The van der Waals surface area contributed by atoms with Crippen molar-refractivity contribution >= 4 is 23.0 Å². The molecule has 1 heterocycles. The summed E-state index contributed by atoms with van der Waals surface area (Å²) in [5, 5.41) is 0.783. The highest BCUT2D eigenvalue weighted by Gasteiger charge is 2.26. The van der Waals surface area contributed by atoms with E-state index in [1.54, 1.807) is 12.1 Å². The maximum atomic E-state index is 11.6. The molecule has 5 heteroatoms. The van der Waals surface area contributed by atoms with Crippen LogP contribution in [-0.2, 0) is 9.47 Å². The summed E-state index contributed by atoms with van der Waals surface area (Å²) in [6.45, 7) is 0.857. The Morgan fingerprint density at radius 1 is 1.53 bits per heavy atom. The van der Waals surface area contributed by atoms with E-state index in [1.807, 2.05) is 24.5 Å². The van der Waals surface area contributed by atoms with Gasteiger partial charge in [0.2, 0.25) is 6.04 Å². The van der Waals surface area contributed by atoms with Crippen molar-refractivity contribution in [2.45, 2.75) is 6.04 Å². The number of benzene rings is 1. The molecule has 1 atom stereocenters.